The molecule has 2 rings (SSSR count). The van der Waals surface area contributed by atoms with Gasteiger partial charge in [-0.2, -0.15) is 0 Å². The fraction of sp³-hybridized carbons (Fsp3) is 0.533. The second kappa shape index (κ2) is 6.57. The van der Waals surface area contributed by atoms with Gasteiger partial charge in [-0.3, -0.25) is 4.79 Å². The molecule has 0 saturated carbocycles. The van der Waals surface area contributed by atoms with Crippen LogP contribution in [0.2, 0.25) is 0 Å². The summed E-state index contributed by atoms with van der Waals surface area (Å²) in [6, 6.07) is 7.45. The van der Waals surface area contributed by atoms with Crippen LogP contribution in [-0.2, 0) is 0 Å². The molecule has 1 aliphatic heterocycles. The Balaban J connectivity index is 1.95. The largest absolute Gasteiger partial charge is 0.494 e. The molecule has 1 heterocycles. The zero-order valence-electron chi connectivity index (χ0n) is 11.8. The Hall–Kier alpha value is -1.55. The minimum Gasteiger partial charge on any atom is -0.494 e. The molecular formula is C15H22N2O2. The highest BCUT2D eigenvalue weighted by atomic mass is 16.5. The zero-order chi connectivity index (χ0) is 13.7. The molecule has 0 unspecified atom stereocenters. The monoisotopic (exact) mass is 262 g/mol. The van der Waals surface area contributed by atoms with E-state index in [4.69, 9.17) is 4.74 Å². The summed E-state index contributed by atoms with van der Waals surface area (Å²) in [7, 11) is 2.08. The van der Waals surface area contributed by atoms with E-state index in [0.29, 0.717) is 6.61 Å². The van der Waals surface area contributed by atoms with Gasteiger partial charge in [0, 0.05) is 31.7 Å². The van der Waals surface area contributed by atoms with Gasteiger partial charge in [-0.1, -0.05) is 6.92 Å². The maximum Gasteiger partial charge on any atom is 0.253 e. The van der Waals surface area contributed by atoms with Crippen molar-refractivity contribution in [3.05, 3.63) is 29.8 Å². The Labute approximate surface area is 115 Å². The zero-order valence-corrected chi connectivity index (χ0v) is 11.8. The Bertz CT molecular complexity index is 409. The Morgan fingerprint density at radius 1 is 1.16 bits per heavy atom. The number of amides is 1. The summed E-state index contributed by atoms with van der Waals surface area (Å²) in [5.41, 5.74) is 0.744. The highest BCUT2D eigenvalue weighted by Crippen LogP contribution is 2.14. The van der Waals surface area contributed by atoms with Gasteiger partial charge in [0.25, 0.3) is 5.91 Å². The van der Waals surface area contributed by atoms with Crippen LogP contribution in [0.15, 0.2) is 24.3 Å². The smallest absolute Gasteiger partial charge is 0.253 e. The van der Waals surface area contributed by atoms with Crippen molar-refractivity contribution in [1.82, 2.24) is 9.80 Å². The topological polar surface area (TPSA) is 32.8 Å². The van der Waals surface area contributed by atoms with Crippen molar-refractivity contribution in [1.29, 1.82) is 0 Å². The Kier molecular flexibility index (Phi) is 4.80. The van der Waals surface area contributed by atoms with E-state index in [1.54, 1.807) is 0 Å². The quantitative estimate of drug-likeness (QED) is 0.830. The minimum atomic E-state index is 0.121. The third kappa shape index (κ3) is 3.70. The number of nitrogens with zero attached hydrogens (tertiary/aromatic N) is 2. The van der Waals surface area contributed by atoms with E-state index in [0.717, 1.165) is 43.9 Å². The number of ether oxygens (including phenoxy) is 1. The lowest BCUT2D eigenvalue weighted by Gasteiger charge is -2.32. The molecule has 19 heavy (non-hydrogen) atoms. The van der Waals surface area contributed by atoms with Crippen LogP contribution in [0.5, 0.6) is 5.75 Å². The lowest BCUT2D eigenvalue weighted by molar-refractivity contribution is 0.0664. The molecule has 1 amide bonds. The predicted molar refractivity (Wildman–Crippen MR) is 75.6 cm³/mol. The summed E-state index contributed by atoms with van der Waals surface area (Å²) >= 11 is 0. The van der Waals surface area contributed by atoms with Crippen LogP contribution >= 0.6 is 0 Å². The van der Waals surface area contributed by atoms with Gasteiger partial charge in [0.2, 0.25) is 0 Å². The standard InChI is InChI=1S/C15H22N2O2/c1-3-12-19-14-6-4-13(5-7-14)15(18)17-10-8-16(2)9-11-17/h4-7H,3,8-12H2,1-2H3. The van der Waals surface area contributed by atoms with E-state index < -0.39 is 0 Å². The van der Waals surface area contributed by atoms with Crippen LogP contribution in [-0.4, -0.2) is 55.5 Å². The predicted octanol–water partition coefficient (Wildman–Crippen LogP) is 1.86. The molecule has 4 heteroatoms. The Morgan fingerprint density at radius 3 is 2.37 bits per heavy atom. The van der Waals surface area contributed by atoms with Crippen LogP contribution in [0.25, 0.3) is 0 Å². The molecule has 0 aromatic heterocycles. The van der Waals surface area contributed by atoms with Crippen molar-refractivity contribution in [3.63, 3.8) is 0 Å². The summed E-state index contributed by atoms with van der Waals surface area (Å²) in [6.07, 6.45) is 0.988. The van der Waals surface area contributed by atoms with E-state index in [1.165, 1.54) is 0 Å². The molecule has 1 aromatic carbocycles. The highest BCUT2D eigenvalue weighted by Gasteiger charge is 2.20. The number of carbonyl (C=O) groups is 1. The van der Waals surface area contributed by atoms with E-state index in [2.05, 4.69) is 18.9 Å². The summed E-state index contributed by atoms with van der Waals surface area (Å²) in [5.74, 6) is 0.951. The van der Waals surface area contributed by atoms with Crippen molar-refractivity contribution in [2.45, 2.75) is 13.3 Å². The van der Waals surface area contributed by atoms with E-state index in [-0.39, 0.29) is 5.91 Å². The molecule has 1 aliphatic rings. The molecule has 0 bridgehead atoms. The number of benzene rings is 1. The van der Waals surface area contributed by atoms with Gasteiger partial charge in [-0.05, 0) is 37.7 Å². The summed E-state index contributed by atoms with van der Waals surface area (Å²) in [4.78, 5) is 16.5. The molecule has 4 nitrogen and oxygen atoms in total. The maximum absolute atomic E-state index is 12.3. The van der Waals surface area contributed by atoms with Crippen molar-refractivity contribution in [2.75, 3.05) is 39.8 Å². The van der Waals surface area contributed by atoms with Gasteiger partial charge in [0.1, 0.15) is 5.75 Å². The first-order valence-electron chi connectivity index (χ1n) is 6.91. The number of piperazine rings is 1. The average molecular weight is 262 g/mol. The van der Waals surface area contributed by atoms with E-state index in [1.807, 2.05) is 29.2 Å². The van der Waals surface area contributed by atoms with Crippen molar-refractivity contribution >= 4 is 5.91 Å². The molecule has 1 fully saturated rings. The van der Waals surface area contributed by atoms with Crippen molar-refractivity contribution in [2.24, 2.45) is 0 Å². The van der Waals surface area contributed by atoms with Gasteiger partial charge in [-0.25, -0.2) is 0 Å². The third-order valence-corrected chi connectivity index (χ3v) is 3.36. The van der Waals surface area contributed by atoms with E-state index in [9.17, 15) is 4.79 Å². The highest BCUT2D eigenvalue weighted by molar-refractivity contribution is 5.94. The van der Waals surface area contributed by atoms with E-state index >= 15 is 0 Å². The minimum absolute atomic E-state index is 0.121. The van der Waals surface area contributed by atoms with Crippen molar-refractivity contribution in [3.8, 4) is 5.75 Å². The second-order valence-corrected chi connectivity index (χ2v) is 4.97. The molecule has 0 radical (unpaired) electrons. The van der Waals surface area contributed by atoms with Crippen LogP contribution in [0.3, 0.4) is 0 Å². The third-order valence-electron chi connectivity index (χ3n) is 3.36. The van der Waals surface area contributed by atoms with Crippen LogP contribution in [0, 0.1) is 0 Å². The first kappa shape index (κ1) is 13.9. The fourth-order valence-electron chi connectivity index (χ4n) is 2.11. The number of carbonyl (C=O) groups excluding carboxylic acids is 1. The van der Waals surface area contributed by atoms with Gasteiger partial charge in [0.05, 0.1) is 6.61 Å². The van der Waals surface area contributed by atoms with Crippen LogP contribution < -0.4 is 4.74 Å². The Morgan fingerprint density at radius 2 is 1.79 bits per heavy atom. The van der Waals surface area contributed by atoms with Gasteiger partial charge in [0.15, 0.2) is 0 Å². The average Bonchev–Trinajstić information content (AvgIpc) is 2.46. The first-order valence-corrected chi connectivity index (χ1v) is 6.91. The second-order valence-electron chi connectivity index (χ2n) is 4.97. The molecule has 0 spiro atoms. The van der Waals surface area contributed by atoms with Crippen LogP contribution in [0.4, 0.5) is 0 Å². The lowest BCUT2D eigenvalue weighted by Crippen LogP contribution is -2.47. The summed E-state index contributed by atoms with van der Waals surface area (Å²) in [6.45, 7) is 6.30. The van der Waals surface area contributed by atoms with Gasteiger partial charge < -0.3 is 14.5 Å². The molecule has 104 valence electrons. The maximum atomic E-state index is 12.3. The first-order chi connectivity index (χ1) is 9.20. The molecule has 1 saturated heterocycles. The molecular weight excluding hydrogens is 240 g/mol. The van der Waals surface area contributed by atoms with Crippen molar-refractivity contribution < 1.29 is 9.53 Å². The lowest BCUT2D eigenvalue weighted by atomic mass is 10.1. The molecule has 0 N–H and O–H groups in total. The number of hydrogen-bond donors (Lipinski definition) is 0. The molecule has 0 atom stereocenters. The molecule has 0 aliphatic carbocycles. The van der Waals surface area contributed by atoms with Gasteiger partial charge >= 0.3 is 0 Å². The van der Waals surface area contributed by atoms with Gasteiger partial charge in [-0.15, -0.1) is 0 Å². The number of rotatable bonds is 4. The molecule has 1 aromatic rings. The number of hydrogen-bond acceptors (Lipinski definition) is 3. The van der Waals surface area contributed by atoms with Crippen LogP contribution in [0.1, 0.15) is 23.7 Å². The number of likely N-dealkylation sites (N-methyl/N-ethyl adjacent to an activating group) is 1. The summed E-state index contributed by atoms with van der Waals surface area (Å²) in [5, 5.41) is 0. The SMILES string of the molecule is CCCOc1ccc(C(=O)N2CCN(C)CC2)cc1. The fourth-order valence-corrected chi connectivity index (χ4v) is 2.11. The summed E-state index contributed by atoms with van der Waals surface area (Å²) < 4.78 is 5.52. The normalized spacial score (nSPS) is 16.4.